The predicted molar refractivity (Wildman–Crippen MR) is 105 cm³/mol. The van der Waals surface area contributed by atoms with E-state index >= 15 is 0 Å². The van der Waals surface area contributed by atoms with Gasteiger partial charge in [-0.3, -0.25) is 4.98 Å². The van der Waals surface area contributed by atoms with Crippen molar-refractivity contribution >= 4 is 10.1 Å². The van der Waals surface area contributed by atoms with Gasteiger partial charge in [0.05, 0.1) is 0 Å². The predicted octanol–water partition coefficient (Wildman–Crippen LogP) is 5.44. The van der Waals surface area contributed by atoms with Crippen LogP contribution in [-0.2, 0) is 15.5 Å². The molecule has 0 spiro atoms. The molecule has 4 aliphatic carbocycles. The normalized spacial score (nSPS) is 30.4. The SMILES string of the molecule is O=S(=O)(Oc1ccc(C23CC4CC(CC(C4)C2)C3)cc1-c1cccnc1)C(F)(F)F. The van der Waals surface area contributed by atoms with Crippen molar-refractivity contribution in [2.24, 2.45) is 17.8 Å². The van der Waals surface area contributed by atoms with Gasteiger partial charge in [0, 0.05) is 23.5 Å². The molecule has 1 aromatic heterocycles. The third-order valence-corrected chi connectivity index (χ3v) is 8.05. The van der Waals surface area contributed by atoms with Gasteiger partial charge in [0.25, 0.3) is 0 Å². The molecule has 4 nitrogen and oxygen atoms in total. The zero-order valence-electron chi connectivity index (χ0n) is 16.2. The molecule has 0 N–H and O–H groups in total. The van der Waals surface area contributed by atoms with E-state index in [-0.39, 0.29) is 11.2 Å². The Morgan fingerprint density at radius 3 is 2.17 bits per heavy atom. The summed E-state index contributed by atoms with van der Waals surface area (Å²) in [6, 6.07) is 8.31. The van der Waals surface area contributed by atoms with Crippen LogP contribution in [0.3, 0.4) is 0 Å². The number of halogens is 3. The molecule has 1 aromatic carbocycles. The Morgan fingerprint density at radius 1 is 1.00 bits per heavy atom. The van der Waals surface area contributed by atoms with Crippen molar-refractivity contribution in [2.75, 3.05) is 0 Å². The summed E-state index contributed by atoms with van der Waals surface area (Å²) in [6.07, 6.45) is 10.2. The van der Waals surface area contributed by atoms with E-state index < -0.39 is 15.6 Å². The van der Waals surface area contributed by atoms with Crippen molar-refractivity contribution in [3.63, 3.8) is 0 Å². The summed E-state index contributed by atoms with van der Waals surface area (Å²) in [4.78, 5) is 4.04. The fourth-order valence-electron chi connectivity index (χ4n) is 6.31. The van der Waals surface area contributed by atoms with Crippen LogP contribution in [0.25, 0.3) is 11.1 Å². The highest BCUT2D eigenvalue weighted by molar-refractivity contribution is 7.88. The molecule has 4 fully saturated rings. The largest absolute Gasteiger partial charge is 0.534 e. The van der Waals surface area contributed by atoms with Gasteiger partial charge in [0.15, 0.2) is 5.75 Å². The third kappa shape index (κ3) is 3.29. The Balaban J connectivity index is 1.59. The molecule has 4 aliphatic rings. The zero-order chi connectivity index (χ0) is 21.1. The summed E-state index contributed by atoms with van der Waals surface area (Å²) in [5, 5.41) is 0. The summed E-state index contributed by atoms with van der Waals surface area (Å²) in [6.45, 7) is 0. The molecule has 30 heavy (non-hydrogen) atoms. The maximum Gasteiger partial charge on any atom is 0.534 e. The molecule has 0 radical (unpaired) electrons. The first-order chi connectivity index (χ1) is 14.2. The van der Waals surface area contributed by atoms with Gasteiger partial charge < -0.3 is 4.18 Å². The van der Waals surface area contributed by atoms with Crippen LogP contribution in [0.1, 0.15) is 44.1 Å². The van der Waals surface area contributed by atoms with E-state index in [9.17, 15) is 21.6 Å². The average molecular weight is 437 g/mol. The highest BCUT2D eigenvalue weighted by atomic mass is 32.2. The average Bonchev–Trinajstić information content (AvgIpc) is 2.67. The van der Waals surface area contributed by atoms with E-state index in [0.717, 1.165) is 24.8 Å². The third-order valence-electron chi connectivity index (χ3n) is 7.09. The topological polar surface area (TPSA) is 56.3 Å². The van der Waals surface area contributed by atoms with E-state index in [1.54, 1.807) is 24.4 Å². The van der Waals surface area contributed by atoms with Crippen molar-refractivity contribution in [3.8, 4) is 16.9 Å². The lowest BCUT2D eigenvalue weighted by atomic mass is 9.48. The molecule has 0 atom stereocenters. The molecule has 0 aliphatic heterocycles. The van der Waals surface area contributed by atoms with Crippen molar-refractivity contribution < 1.29 is 25.8 Å². The van der Waals surface area contributed by atoms with E-state index in [1.807, 2.05) is 6.07 Å². The van der Waals surface area contributed by atoms with Gasteiger partial charge in [-0.25, -0.2) is 0 Å². The van der Waals surface area contributed by atoms with Gasteiger partial charge in [-0.2, -0.15) is 21.6 Å². The molecule has 4 saturated carbocycles. The minimum absolute atomic E-state index is 0.0210. The minimum atomic E-state index is -5.76. The van der Waals surface area contributed by atoms with Crippen molar-refractivity contribution in [1.29, 1.82) is 0 Å². The number of hydrogen-bond acceptors (Lipinski definition) is 4. The number of aromatic nitrogens is 1. The molecule has 8 heteroatoms. The summed E-state index contributed by atoms with van der Waals surface area (Å²) in [5.41, 5.74) is -3.55. The Kier molecular flexibility index (Phi) is 4.44. The smallest absolute Gasteiger partial charge is 0.375 e. The quantitative estimate of drug-likeness (QED) is 0.472. The molecule has 0 amide bonds. The van der Waals surface area contributed by atoms with Crippen LogP contribution in [0.5, 0.6) is 5.75 Å². The van der Waals surface area contributed by atoms with Gasteiger partial charge in [0.2, 0.25) is 0 Å². The van der Waals surface area contributed by atoms with Gasteiger partial charge in [-0.1, -0.05) is 12.1 Å². The highest BCUT2D eigenvalue weighted by Gasteiger charge is 2.52. The number of alkyl halides is 3. The Morgan fingerprint density at radius 2 is 1.63 bits per heavy atom. The molecule has 160 valence electrons. The lowest BCUT2D eigenvalue weighted by Crippen LogP contribution is -2.48. The van der Waals surface area contributed by atoms with Crippen LogP contribution in [-0.4, -0.2) is 18.9 Å². The number of benzene rings is 1. The molecular formula is C22H22F3NO3S. The van der Waals surface area contributed by atoms with Gasteiger partial charge in [0.1, 0.15) is 0 Å². The molecule has 1 heterocycles. The summed E-state index contributed by atoms with van der Waals surface area (Å²) in [5.74, 6) is 1.80. The summed E-state index contributed by atoms with van der Waals surface area (Å²) < 4.78 is 66.6. The molecular weight excluding hydrogens is 415 g/mol. The van der Waals surface area contributed by atoms with Crippen LogP contribution in [0.4, 0.5) is 13.2 Å². The van der Waals surface area contributed by atoms with E-state index in [2.05, 4.69) is 9.17 Å². The van der Waals surface area contributed by atoms with Gasteiger partial charge >= 0.3 is 15.6 Å². The number of nitrogens with zero attached hydrogens (tertiary/aromatic N) is 1. The second kappa shape index (κ2) is 6.70. The van der Waals surface area contributed by atoms with Crippen molar-refractivity contribution in [2.45, 2.75) is 49.4 Å². The lowest BCUT2D eigenvalue weighted by Gasteiger charge is -2.57. The van der Waals surface area contributed by atoms with Crippen LogP contribution in [0.15, 0.2) is 42.7 Å². The highest BCUT2D eigenvalue weighted by Crippen LogP contribution is 2.61. The van der Waals surface area contributed by atoms with Crippen LogP contribution in [0.2, 0.25) is 0 Å². The van der Waals surface area contributed by atoms with E-state index in [1.165, 1.54) is 31.5 Å². The monoisotopic (exact) mass is 437 g/mol. The fourth-order valence-corrected chi connectivity index (χ4v) is 6.79. The second-order valence-electron chi connectivity index (χ2n) is 9.13. The van der Waals surface area contributed by atoms with Gasteiger partial charge in [-0.15, -0.1) is 0 Å². The first-order valence-electron chi connectivity index (χ1n) is 10.2. The van der Waals surface area contributed by atoms with Crippen LogP contribution in [0, 0.1) is 17.8 Å². The fraction of sp³-hybridized carbons (Fsp3) is 0.500. The second-order valence-corrected chi connectivity index (χ2v) is 10.7. The summed E-state index contributed by atoms with van der Waals surface area (Å²) in [7, 11) is -5.76. The van der Waals surface area contributed by atoms with Crippen LogP contribution < -0.4 is 4.18 Å². The van der Waals surface area contributed by atoms with Crippen molar-refractivity contribution in [1.82, 2.24) is 4.98 Å². The standard InChI is InChI=1S/C22H22F3NO3S/c23-22(24,25)30(27,28)29-20-4-3-18(9-19(20)17-2-1-5-26-13-17)21-10-14-6-15(11-21)8-16(7-14)12-21/h1-5,9,13-16H,6-8,10-12H2. The number of pyridine rings is 1. The minimum Gasteiger partial charge on any atom is -0.375 e. The maximum atomic E-state index is 12.9. The molecule has 0 saturated heterocycles. The molecule has 4 bridgehead atoms. The molecule has 2 aromatic rings. The Labute approximate surface area is 173 Å². The Bertz CT molecular complexity index is 1030. The number of hydrogen-bond donors (Lipinski definition) is 0. The first-order valence-corrected chi connectivity index (χ1v) is 11.6. The molecule has 6 rings (SSSR count). The summed E-state index contributed by atoms with van der Waals surface area (Å²) >= 11 is 0. The lowest BCUT2D eigenvalue weighted by molar-refractivity contribution is -0.0499. The Hall–Kier alpha value is -2.09. The van der Waals surface area contributed by atoms with Crippen molar-refractivity contribution in [3.05, 3.63) is 48.3 Å². The zero-order valence-corrected chi connectivity index (χ0v) is 17.0. The van der Waals surface area contributed by atoms with E-state index in [4.69, 9.17) is 0 Å². The number of rotatable bonds is 4. The maximum absolute atomic E-state index is 12.9. The molecule has 0 unspecified atom stereocenters. The first kappa shape index (κ1) is 19.8. The van der Waals surface area contributed by atoms with E-state index in [0.29, 0.717) is 28.9 Å². The van der Waals surface area contributed by atoms with Gasteiger partial charge in [-0.05, 0) is 85.5 Å². The van der Waals surface area contributed by atoms with Crippen LogP contribution >= 0.6 is 0 Å².